The Morgan fingerprint density at radius 1 is 1.37 bits per heavy atom. The van der Waals surface area contributed by atoms with E-state index in [1.807, 2.05) is 0 Å². The first-order chi connectivity index (χ1) is 8.95. The maximum Gasteiger partial charge on any atom is 0.335 e. The Labute approximate surface area is 108 Å². The lowest BCUT2D eigenvalue weighted by Gasteiger charge is -2.05. The fourth-order valence-corrected chi connectivity index (χ4v) is 1.34. The van der Waals surface area contributed by atoms with Crippen molar-refractivity contribution >= 4 is 17.6 Å². The minimum absolute atomic E-state index is 0.0808. The average Bonchev–Trinajstić information content (AvgIpc) is 2.38. The van der Waals surface area contributed by atoms with Crippen LogP contribution in [0.3, 0.4) is 0 Å². The van der Waals surface area contributed by atoms with E-state index in [1.54, 1.807) is 0 Å². The molecule has 0 unspecified atom stereocenters. The van der Waals surface area contributed by atoms with E-state index in [9.17, 15) is 19.7 Å². The summed E-state index contributed by atoms with van der Waals surface area (Å²) in [5, 5.41) is 22.0. The minimum atomic E-state index is -1.34. The first-order valence-corrected chi connectivity index (χ1v) is 5.25. The number of nitrogens with zero attached hydrogens (tertiary/aromatic N) is 1. The van der Waals surface area contributed by atoms with Gasteiger partial charge in [-0.3, -0.25) is 14.9 Å². The number of carboxylic acid groups (broad SMARTS) is 1. The highest BCUT2D eigenvalue weighted by Crippen LogP contribution is 2.17. The van der Waals surface area contributed by atoms with E-state index in [4.69, 9.17) is 9.84 Å². The quantitative estimate of drug-likeness (QED) is 0.444. The molecule has 0 atom stereocenters. The van der Waals surface area contributed by atoms with Crippen LogP contribution in [0.4, 0.5) is 5.69 Å². The van der Waals surface area contributed by atoms with Crippen LogP contribution >= 0.6 is 0 Å². The van der Waals surface area contributed by atoms with Gasteiger partial charge in [0.25, 0.3) is 11.6 Å². The van der Waals surface area contributed by atoms with E-state index in [1.165, 1.54) is 7.11 Å². The largest absolute Gasteiger partial charge is 0.478 e. The normalized spacial score (nSPS) is 9.95. The fourth-order valence-electron chi connectivity index (χ4n) is 1.34. The van der Waals surface area contributed by atoms with Crippen molar-refractivity contribution in [1.82, 2.24) is 5.32 Å². The Balaban J connectivity index is 3.02. The molecule has 0 aromatic heterocycles. The molecule has 0 spiro atoms. The lowest BCUT2D eigenvalue weighted by Crippen LogP contribution is -2.27. The second kappa shape index (κ2) is 6.45. The summed E-state index contributed by atoms with van der Waals surface area (Å²) < 4.78 is 4.73. The van der Waals surface area contributed by atoms with Crippen LogP contribution in [-0.4, -0.2) is 42.2 Å². The van der Waals surface area contributed by atoms with Gasteiger partial charge in [-0.15, -0.1) is 0 Å². The Morgan fingerprint density at radius 3 is 2.53 bits per heavy atom. The zero-order chi connectivity index (χ0) is 14.4. The standard InChI is InChI=1S/C11H12N2O6/c1-19-3-2-12-10(14)7-4-8(11(15)16)6-9(5-7)13(17)18/h4-6H,2-3H2,1H3,(H,12,14)(H,15,16). The van der Waals surface area contributed by atoms with Gasteiger partial charge in [0.05, 0.1) is 17.1 Å². The molecule has 0 aliphatic carbocycles. The van der Waals surface area contributed by atoms with Crippen molar-refractivity contribution in [3.8, 4) is 0 Å². The topological polar surface area (TPSA) is 119 Å². The summed E-state index contributed by atoms with van der Waals surface area (Å²) in [5.74, 6) is -1.93. The van der Waals surface area contributed by atoms with Gasteiger partial charge in [-0.2, -0.15) is 0 Å². The number of methoxy groups -OCH3 is 1. The van der Waals surface area contributed by atoms with Crippen molar-refractivity contribution in [2.45, 2.75) is 0 Å². The molecule has 1 aromatic rings. The van der Waals surface area contributed by atoms with Gasteiger partial charge in [0.2, 0.25) is 0 Å². The number of carbonyl (C=O) groups excluding carboxylic acids is 1. The van der Waals surface area contributed by atoms with E-state index in [0.717, 1.165) is 18.2 Å². The number of benzene rings is 1. The van der Waals surface area contributed by atoms with E-state index in [-0.39, 0.29) is 24.3 Å². The van der Waals surface area contributed by atoms with Crippen molar-refractivity contribution in [3.63, 3.8) is 0 Å². The molecule has 1 rings (SSSR count). The smallest absolute Gasteiger partial charge is 0.335 e. The van der Waals surface area contributed by atoms with Crippen LogP contribution in [0.25, 0.3) is 0 Å². The number of hydrogen-bond donors (Lipinski definition) is 2. The first-order valence-electron chi connectivity index (χ1n) is 5.25. The summed E-state index contributed by atoms with van der Waals surface area (Å²) in [4.78, 5) is 32.4. The van der Waals surface area contributed by atoms with E-state index in [2.05, 4.69) is 5.32 Å². The highest BCUT2D eigenvalue weighted by molar-refractivity contribution is 5.98. The van der Waals surface area contributed by atoms with Crippen molar-refractivity contribution in [2.24, 2.45) is 0 Å². The molecule has 0 radical (unpaired) electrons. The van der Waals surface area contributed by atoms with E-state index < -0.39 is 22.5 Å². The number of carboxylic acids is 1. The Morgan fingerprint density at radius 2 is 2.00 bits per heavy atom. The average molecular weight is 268 g/mol. The third kappa shape index (κ3) is 4.03. The van der Waals surface area contributed by atoms with Gasteiger partial charge >= 0.3 is 5.97 Å². The Hall–Kier alpha value is -2.48. The highest BCUT2D eigenvalue weighted by Gasteiger charge is 2.17. The molecule has 1 aromatic carbocycles. The summed E-state index contributed by atoms with van der Waals surface area (Å²) in [5.41, 5.74) is -0.842. The molecule has 0 bridgehead atoms. The number of hydrogen-bond acceptors (Lipinski definition) is 5. The third-order valence-corrected chi connectivity index (χ3v) is 2.23. The number of aromatic carboxylic acids is 1. The van der Waals surface area contributed by atoms with E-state index in [0.29, 0.717) is 0 Å². The predicted molar refractivity (Wildman–Crippen MR) is 64.3 cm³/mol. The first kappa shape index (κ1) is 14.6. The lowest BCUT2D eigenvalue weighted by molar-refractivity contribution is -0.384. The molecule has 0 aliphatic rings. The van der Waals surface area contributed by atoms with Gasteiger partial charge in [0, 0.05) is 31.4 Å². The maximum atomic E-state index is 11.7. The van der Waals surface area contributed by atoms with Gasteiger partial charge in [0.15, 0.2) is 0 Å². The molecule has 8 heteroatoms. The number of nitro benzene ring substituents is 1. The fraction of sp³-hybridized carbons (Fsp3) is 0.273. The predicted octanol–water partition coefficient (Wildman–Crippen LogP) is 0.669. The molecule has 1 amide bonds. The summed E-state index contributed by atoms with van der Waals surface area (Å²) in [6.07, 6.45) is 0. The number of rotatable bonds is 6. The Kier molecular flexibility index (Phi) is 4.95. The molecule has 0 fully saturated rings. The number of nitrogens with one attached hydrogen (secondary N) is 1. The summed E-state index contributed by atoms with van der Waals surface area (Å²) in [6.45, 7) is 0.507. The minimum Gasteiger partial charge on any atom is -0.478 e. The molecule has 0 aliphatic heterocycles. The zero-order valence-electron chi connectivity index (χ0n) is 10.1. The molecular formula is C11H12N2O6. The summed E-state index contributed by atoms with van der Waals surface area (Å²) in [6, 6.07) is 3.00. The molecule has 0 saturated heterocycles. The molecule has 2 N–H and O–H groups in total. The number of carbonyl (C=O) groups is 2. The van der Waals surface area contributed by atoms with E-state index >= 15 is 0 Å². The highest BCUT2D eigenvalue weighted by atomic mass is 16.6. The van der Waals surface area contributed by atoms with Crippen LogP contribution in [0.15, 0.2) is 18.2 Å². The number of amides is 1. The van der Waals surface area contributed by atoms with Crippen LogP contribution in [0.5, 0.6) is 0 Å². The van der Waals surface area contributed by atoms with Crippen LogP contribution < -0.4 is 5.32 Å². The Bertz CT molecular complexity index is 482. The van der Waals surface area contributed by atoms with Gasteiger partial charge in [-0.1, -0.05) is 0 Å². The third-order valence-electron chi connectivity index (χ3n) is 2.23. The summed E-state index contributed by atoms with van der Waals surface area (Å²) in [7, 11) is 1.46. The number of nitro groups is 1. The van der Waals surface area contributed by atoms with Crippen molar-refractivity contribution < 1.29 is 24.4 Å². The second-order valence-corrected chi connectivity index (χ2v) is 3.58. The molecular weight excluding hydrogens is 256 g/mol. The molecule has 0 saturated carbocycles. The van der Waals surface area contributed by atoms with Gasteiger partial charge < -0.3 is 15.2 Å². The monoisotopic (exact) mass is 268 g/mol. The summed E-state index contributed by atoms with van der Waals surface area (Å²) >= 11 is 0. The van der Waals surface area contributed by atoms with Crippen LogP contribution in [0.2, 0.25) is 0 Å². The maximum absolute atomic E-state index is 11.7. The van der Waals surface area contributed by atoms with Crippen molar-refractivity contribution in [1.29, 1.82) is 0 Å². The zero-order valence-corrected chi connectivity index (χ0v) is 10.1. The molecule has 102 valence electrons. The van der Waals surface area contributed by atoms with Gasteiger partial charge in [0.1, 0.15) is 0 Å². The second-order valence-electron chi connectivity index (χ2n) is 3.58. The lowest BCUT2D eigenvalue weighted by atomic mass is 10.1. The molecule has 0 heterocycles. The molecule has 19 heavy (non-hydrogen) atoms. The van der Waals surface area contributed by atoms with Crippen molar-refractivity contribution in [2.75, 3.05) is 20.3 Å². The van der Waals surface area contributed by atoms with Crippen LogP contribution in [-0.2, 0) is 4.74 Å². The van der Waals surface area contributed by atoms with Crippen LogP contribution in [0.1, 0.15) is 20.7 Å². The molecule has 8 nitrogen and oxygen atoms in total. The van der Waals surface area contributed by atoms with Gasteiger partial charge in [-0.05, 0) is 6.07 Å². The number of ether oxygens (including phenoxy) is 1. The van der Waals surface area contributed by atoms with Crippen LogP contribution in [0, 0.1) is 10.1 Å². The number of non-ortho nitro benzene ring substituents is 1. The van der Waals surface area contributed by atoms with Gasteiger partial charge in [-0.25, -0.2) is 4.79 Å². The van der Waals surface area contributed by atoms with Crippen molar-refractivity contribution in [3.05, 3.63) is 39.4 Å². The SMILES string of the molecule is COCCNC(=O)c1cc(C(=O)O)cc([N+](=O)[O-])c1.